The Morgan fingerprint density at radius 1 is 1.14 bits per heavy atom. The van der Waals surface area contributed by atoms with Crippen LogP contribution in [0.3, 0.4) is 0 Å². The molecule has 6 heteroatoms. The molecule has 3 aliphatic rings. The molecular formula is C23H40N2O4. The van der Waals surface area contributed by atoms with Gasteiger partial charge in [-0.1, -0.05) is 33.6 Å². The minimum Gasteiger partial charge on any atom is -0.392 e. The second kappa shape index (κ2) is 9.34. The molecule has 0 bridgehead atoms. The molecule has 29 heavy (non-hydrogen) atoms. The third kappa shape index (κ3) is 4.79. The first-order valence-corrected chi connectivity index (χ1v) is 11.5. The van der Waals surface area contributed by atoms with Gasteiger partial charge >= 0.3 is 0 Å². The van der Waals surface area contributed by atoms with E-state index in [1.165, 1.54) is 20.0 Å². The van der Waals surface area contributed by atoms with Crippen LogP contribution in [-0.2, 0) is 14.3 Å². The molecule has 3 rings (SSSR count). The van der Waals surface area contributed by atoms with Gasteiger partial charge in [0.1, 0.15) is 6.61 Å². The van der Waals surface area contributed by atoms with Gasteiger partial charge in [-0.05, 0) is 61.7 Å². The number of rotatable bonds is 6. The summed E-state index contributed by atoms with van der Waals surface area (Å²) in [5, 5.41) is 17.7. The molecule has 166 valence electrons. The fraction of sp³-hybridized carbons (Fsp3) is 0.913. The van der Waals surface area contributed by atoms with Gasteiger partial charge in [0.05, 0.1) is 6.10 Å². The number of aliphatic hydroxyl groups is 1. The minimum atomic E-state index is -0.518. The van der Waals surface area contributed by atoms with Crippen molar-refractivity contribution in [2.45, 2.75) is 90.3 Å². The van der Waals surface area contributed by atoms with Crippen LogP contribution in [-0.4, -0.2) is 48.8 Å². The Bertz CT molecular complexity index is 591. The summed E-state index contributed by atoms with van der Waals surface area (Å²) in [5.41, 5.74) is 0.0689. The molecule has 0 radical (unpaired) electrons. The van der Waals surface area contributed by atoms with Crippen LogP contribution in [0.4, 0.5) is 0 Å². The number of hydrogen-bond donors (Lipinski definition) is 3. The van der Waals surface area contributed by atoms with E-state index in [-0.39, 0.29) is 53.5 Å². The quantitative estimate of drug-likeness (QED) is 0.630. The van der Waals surface area contributed by atoms with E-state index in [0.717, 1.165) is 38.5 Å². The predicted octanol–water partition coefficient (Wildman–Crippen LogP) is 2.64. The Labute approximate surface area is 175 Å². The van der Waals surface area contributed by atoms with E-state index >= 15 is 0 Å². The summed E-state index contributed by atoms with van der Waals surface area (Å²) in [6.45, 7) is 6.47. The summed E-state index contributed by atoms with van der Waals surface area (Å²) >= 11 is 0. The van der Waals surface area contributed by atoms with Crippen molar-refractivity contribution in [2.24, 2.45) is 29.1 Å². The lowest BCUT2D eigenvalue weighted by atomic mass is 9.51. The van der Waals surface area contributed by atoms with Crippen LogP contribution in [0.15, 0.2) is 0 Å². The monoisotopic (exact) mass is 408 g/mol. The maximum absolute atomic E-state index is 12.9. The van der Waals surface area contributed by atoms with Crippen molar-refractivity contribution in [2.75, 3.05) is 13.7 Å². The molecule has 6 nitrogen and oxygen atoms in total. The van der Waals surface area contributed by atoms with Crippen molar-refractivity contribution in [3.63, 3.8) is 0 Å². The second-order valence-corrected chi connectivity index (χ2v) is 10.2. The highest BCUT2D eigenvalue weighted by molar-refractivity contribution is 5.79. The molecule has 0 spiro atoms. The topological polar surface area (TPSA) is 87.7 Å². The average Bonchev–Trinajstić information content (AvgIpc) is 3.17. The predicted molar refractivity (Wildman–Crippen MR) is 112 cm³/mol. The zero-order valence-corrected chi connectivity index (χ0v) is 18.6. The van der Waals surface area contributed by atoms with Gasteiger partial charge in [-0.15, -0.1) is 0 Å². The van der Waals surface area contributed by atoms with Crippen LogP contribution in [0.5, 0.6) is 0 Å². The molecule has 3 saturated carbocycles. The smallest absolute Gasteiger partial charge is 0.246 e. The van der Waals surface area contributed by atoms with Crippen molar-refractivity contribution in [3.8, 4) is 0 Å². The van der Waals surface area contributed by atoms with Gasteiger partial charge in [0.15, 0.2) is 0 Å². The van der Waals surface area contributed by atoms with Gasteiger partial charge in [0.2, 0.25) is 11.8 Å². The van der Waals surface area contributed by atoms with E-state index in [0.29, 0.717) is 6.04 Å². The molecular weight excluding hydrogens is 368 g/mol. The normalized spacial score (nSPS) is 38.9. The Kier molecular flexibility index (Phi) is 7.26. The molecule has 3 aliphatic carbocycles. The highest BCUT2D eigenvalue weighted by Crippen LogP contribution is 2.55. The molecule has 0 heterocycles. The second-order valence-electron chi connectivity index (χ2n) is 10.2. The van der Waals surface area contributed by atoms with Crippen LogP contribution < -0.4 is 10.6 Å². The van der Waals surface area contributed by atoms with E-state index in [9.17, 15) is 14.7 Å². The van der Waals surface area contributed by atoms with Crippen molar-refractivity contribution < 1.29 is 19.4 Å². The molecule has 3 fully saturated rings. The fourth-order valence-corrected chi connectivity index (χ4v) is 6.47. The molecule has 0 aliphatic heterocycles. The van der Waals surface area contributed by atoms with E-state index in [1.54, 1.807) is 0 Å². The van der Waals surface area contributed by atoms with Crippen LogP contribution in [0.2, 0.25) is 0 Å². The lowest BCUT2D eigenvalue weighted by molar-refractivity contribution is -0.144. The standard InChI is InChI=1S/C23H40N2O4/c1-14(22(28)24-16-7-5-6-8-16)17-9-11-23(3)12-10-18(25-19(26)13-29-4)15(2)20(23)21(17)27/h14-18,20-21,27H,5-13H2,1-4H3,(H,24,28)(H,25,26)/t14-,15+,17+,18-,20+,21-,23-/m0/s1. The van der Waals surface area contributed by atoms with Crippen LogP contribution in [0, 0.1) is 29.1 Å². The zero-order valence-electron chi connectivity index (χ0n) is 18.6. The zero-order chi connectivity index (χ0) is 21.2. The number of ether oxygens (including phenoxy) is 1. The summed E-state index contributed by atoms with van der Waals surface area (Å²) in [4.78, 5) is 24.9. The lowest BCUT2D eigenvalue weighted by Crippen LogP contribution is -2.59. The Morgan fingerprint density at radius 2 is 1.79 bits per heavy atom. The summed E-state index contributed by atoms with van der Waals surface area (Å²) in [6.07, 6.45) is 7.86. The molecule has 7 atom stereocenters. The van der Waals surface area contributed by atoms with Crippen LogP contribution in [0.25, 0.3) is 0 Å². The van der Waals surface area contributed by atoms with Gasteiger partial charge < -0.3 is 20.5 Å². The average molecular weight is 409 g/mol. The SMILES string of the molecule is COCC(=O)N[C@H]1CC[C@]2(C)CC[C@H]([C@H](C)C(=O)NC3CCCC3)[C@H](O)[C@H]2[C@@H]1C. The third-order valence-electron chi connectivity index (χ3n) is 8.27. The first kappa shape index (κ1) is 22.5. The minimum absolute atomic E-state index is 0.0228. The number of aliphatic hydroxyl groups excluding tert-OH is 1. The Morgan fingerprint density at radius 3 is 2.45 bits per heavy atom. The Balaban J connectivity index is 1.68. The van der Waals surface area contributed by atoms with Crippen LogP contribution >= 0.6 is 0 Å². The van der Waals surface area contributed by atoms with Gasteiger partial charge in [0.25, 0.3) is 0 Å². The largest absolute Gasteiger partial charge is 0.392 e. The number of nitrogens with one attached hydrogen (secondary N) is 2. The number of hydrogen-bond acceptors (Lipinski definition) is 4. The van der Waals surface area contributed by atoms with Crippen molar-refractivity contribution in [1.29, 1.82) is 0 Å². The Hall–Kier alpha value is -1.14. The van der Waals surface area contributed by atoms with E-state index in [4.69, 9.17) is 4.74 Å². The van der Waals surface area contributed by atoms with Crippen molar-refractivity contribution in [3.05, 3.63) is 0 Å². The highest BCUT2D eigenvalue weighted by Gasteiger charge is 2.53. The molecule has 2 amide bonds. The maximum Gasteiger partial charge on any atom is 0.246 e. The molecule has 0 saturated heterocycles. The fourth-order valence-electron chi connectivity index (χ4n) is 6.47. The number of carbonyl (C=O) groups excluding carboxylic acids is 2. The number of carbonyl (C=O) groups is 2. The maximum atomic E-state index is 12.9. The lowest BCUT2D eigenvalue weighted by Gasteiger charge is -2.56. The molecule has 0 unspecified atom stereocenters. The summed E-state index contributed by atoms with van der Waals surface area (Å²) in [6, 6.07) is 0.358. The van der Waals surface area contributed by atoms with Crippen molar-refractivity contribution >= 4 is 11.8 Å². The third-order valence-corrected chi connectivity index (χ3v) is 8.27. The van der Waals surface area contributed by atoms with Gasteiger partial charge in [-0.2, -0.15) is 0 Å². The molecule has 3 N–H and O–H groups in total. The van der Waals surface area contributed by atoms with E-state index in [2.05, 4.69) is 24.5 Å². The van der Waals surface area contributed by atoms with E-state index in [1.807, 2.05) is 6.92 Å². The van der Waals surface area contributed by atoms with Crippen molar-refractivity contribution in [1.82, 2.24) is 10.6 Å². The molecule has 0 aromatic rings. The van der Waals surface area contributed by atoms with Gasteiger partial charge in [-0.25, -0.2) is 0 Å². The number of amides is 2. The first-order chi connectivity index (χ1) is 13.8. The van der Waals surface area contributed by atoms with E-state index < -0.39 is 6.10 Å². The van der Waals surface area contributed by atoms with Crippen LogP contribution in [0.1, 0.15) is 72.1 Å². The number of fused-ring (bicyclic) bond motifs is 1. The highest BCUT2D eigenvalue weighted by atomic mass is 16.5. The molecule has 0 aromatic carbocycles. The summed E-state index contributed by atoms with van der Waals surface area (Å²) in [7, 11) is 1.52. The summed E-state index contributed by atoms with van der Waals surface area (Å²) < 4.78 is 4.95. The first-order valence-electron chi connectivity index (χ1n) is 11.5. The van der Waals surface area contributed by atoms with Gasteiger partial charge in [0, 0.05) is 25.1 Å². The number of methoxy groups -OCH3 is 1. The molecule has 0 aromatic heterocycles. The summed E-state index contributed by atoms with van der Waals surface area (Å²) in [5.74, 6) is 0.0373. The van der Waals surface area contributed by atoms with Gasteiger partial charge in [-0.3, -0.25) is 9.59 Å².